The van der Waals surface area contributed by atoms with Gasteiger partial charge in [-0.1, -0.05) is 26.0 Å². The van der Waals surface area contributed by atoms with Crippen LogP contribution < -0.4 is 0 Å². The minimum Gasteiger partial charge on any atom is -0.480 e. The van der Waals surface area contributed by atoms with Crippen LogP contribution in [0.25, 0.3) is 0 Å². The average molecular weight is 282 g/mol. The number of halogens is 1. The Kier molecular flexibility index (Phi) is 5.25. The van der Waals surface area contributed by atoms with Gasteiger partial charge in [-0.2, -0.15) is 0 Å². The van der Waals surface area contributed by atoms with E-state index in [0.717, 1.165) is 0 Å². The zero-order valence-corrected chi connectivity index (χ0v) is 11.9. The third-order valence-electron chi connectivity index (χ3n) is 3.40. The molecule has 0 aliphatic rings. The van der Waals surface area contributed by atoms with Gasteiger partial charge >= 0.3 is 11.9 Å². The van der Waals surface area contributed by atoms with Crippen molar-refractivity contribution in [1.29, 1.82) is 0 Å². The molecule has 0 saturated carbocycles. The Morgan fingerprint density at radius 3 is 2.25 bits per heavy atom. The molecule has 0 aromatic heterocycles. The maximum absolute atomic E-state index is 12.9. The lowest BCUT2D eigenvalue weighted by Gasteiger charge is -2.30. The predicted octanol–water partition coefficient (Wildman–Crippen LogP) is 2.66. The molecular formula is C15H19FO4. The fourth-order valence-electron chi connectivity index (χ4n) is 2.11. The van der Waals surface area contributed by atoms with E-state index in [1.54, 1.807) is 20.8 Å². The summed E-state index contributed by atoms with van der Waals surface area (Å²) in [5.74, 6) is -2.85. The lowest BCUT2D eigenvalue weighted by Crippen LogP contribution is -2.46. The Bertz CT molecular complexity index is 481. The molecule has 1 aromatic carbocycles. The van der Waals surface area contributed by atoms with Crippen molar-refractivity contribution < 1.29 is 23.8 Å². The summed E-state index contributed by atoms with van der Waals surface area (Å²) in [6, 6.07) is 5.45. The van der Waals surface area contributed by atoms with E-state index in [1.807, 2.05) is 0 Å². The van der Waals surface area contributed by atoms with Gasteiger partial charge in [0.05, 0.1) is 6.61 Å². The van der Waals surface area contributed by atoms with Crippen LogP contribution >= 0.6 is 0 Å². The van der Waals surface area contributed by atoms with Crippen LogP contribution in [0.4, 0.5) is 4.39 Å². The molecule has 1 unspecified atom stereocenters. The van der Waals surface area contributed by atoms with Gasteiger partial charge in [-0.3, -0.25) is 9.59 Å². The standard InChI is InChI=1S/C15H19FO4/c1-4-20-14(19)15(10(2)3,13(17)18)9-11-5-7-12(16)8-6-11/h5-8,10H,4,9H2,1-3H3,(H,17,18). The average Bonchev–Trinajstić information content (AvgIpc) is 2.37. The molecule has 0 bridgehead atoms. The largest absolute Gasteiger partial charge is 0.480 e. The Morgan fingerprint density at radius 2 is 1.85 bits per heavy atom. The van der Waals surface area contributed by atoms with Crippen LogP contribution in [-0.4, -0.2) is 23.7 Å². The van der Waals surface area contributed by atoms with Crippen LogP contribution in [0.2, 0.25) is 0 Å². The van der Waals surface area contributed by atoms with Crippen molar-refractivity contribution in [2.24, 2.45) is 11.3 Å². The van der Waals surface area contributed by atoms with Crippen molar-refractivity contribution in [1.82, 2.24) is 0 Å². The topological polar surface area (TPSA) is 63.6 Å². The van der Waals surface area contributed by atoms with Crippen molar-refractivity contribution in [2.45, 2.75) is 27.2 Å². The summed E-state index contributed by atoms with van der Waals surface area (Å²) in [5.41, 5.74) is -1.08. The number of hydrogen-bond donors (Lipinski definition) is 1. The first-order valence-corrected chi connectivity index (χ1v) is 6.49. The second-order valence-corrected chi connectivity index (χ2v) is 4.95. The van der Waals surface area contributed by atoms with E-state index < -0.39 is 29.1 Å². The van der Waals surface area contributed by atoms with Gasteiger partial charge in [0.25, 0.3) is 0 Å². The Balaban J connectivity index is 3.19. The zero-order chi connectivity index (χ0) is 15.3. The van der Waals surface area contributed by atoms with Crippen LogP contribution in [0.1, 0.15) is 26.3 Å². The molecule has 1 atom stereocenters. The molecule has 1 aromatic rings. The molecule has 0 fully saturated rings. The van der Waals surface area contributed by atoms with Gasteiger partial charge < -0.3 is 9.84 Å². The van der Waals surface area contributed by atoms with Crippen molar-refractivity contribution in [2.75, 3.05) is 6.61 Å². The molecule has 0 saturated heterocycles. The highest BCUT2D eigenvalue weighted by molar-refractivity contribution is 5.99. The molecule has 0 heterocycles. The number of benzene rings is 1. The molecule has 0 aliphatic heterocycles. The molecule has 20 heavy (non-hydrogen) atoms. The monoisotopic (exact) mass is 282 g/mol. The first-order valence-electron chi connectivity index (χ1n) is 6.49. The lowest BCUT2D eigenvalue weighted by atomic mass is 9.72. The molecule has 1 N–H and O–H groups in total. The summed E-state index contributed by atoms with van der Waals surface area (Å²) in [5, 5.41) is 9.53. The third kappa shape index (κ3) is 3.15. The fraction of sp³-hybridized carbons (Fsp3) is 0.467. The fourth-order valence-corrected chi connectivity index (χ4v) is 2.11. The Hall–Kier alpha value is -1.91. The van der Waals surface area contributed by atoms with E-state index in [2.05, 4.69) is 0 Å². The molecular weight excluding hydrogens is 263 g/mol. The van der Waals surface area contributed by atoms with Crippen LogP contribution in [0.15, 0.2) is 24.3 Å². The predicted molar refractivity (Wildman–Crippen MR) is 71.6 cm³/mol. The van der Waals surface area contributed by atoms with Crippen molar-refractivity contribution >= 4 is 11.9 Å². The van der Waals surface area contributed by atoms with Gasteiger partial charge in [-0.25, -0.2) is 4.39 Å². The number of carboxylic acid groups (broad SMARTS) is 1. The summed E-state index contributed by atoms with van der Waals surface area (Å²) in [7, 11) is 0. The van der Waals surface area contributed by atoms with Crippen LogP contribution in [0.5, 0.6) is 0 Å². The van der Waals surface area contributed by atoms with E-state index in [0.29, 0.717) is 5.56 Å². The first-order chi connectivity index (χ1) is 9.34. The van der Waals surface area contributed by atoms with Crippen molar-refractivity contribution in [3.63, 3.8) is 0 Å². The highest BCUT2D eigenvalue weighted by Crippen LogP contribution is 2.34. The lowest BCUT2D eigenvalue weighted by molar-refractivity contribution is -0.172. The SMILES string of the molecule is CCOC(=O)C(Cc1ccc(F)cc1)(C(=O)O)C(C)C. The molecule has 110 valence electrons. The van der Waals surface area contributed by atoms with Gasteiger partial charge in [0.1, 0.15) is 5.82 Å². The summed E-state index contributed by atoms with van der Waals surface area (Å²) in [6.07, 6.45) is -0.0287. The van der Waals surface area contributed by atoms with Crippen LogP contribution in [0.3, 0.4) is 0 Å². The van der Waals surface area contributed by atoms with Gasteiger partial charge in [-0.15, -0.1) is 0 Å². The van der Waals surface area contributed by atoms with Crippen molar-refractivity contribution in [3.05, 3.63) is 35.6 Å². The zero-order valence-electron chi connectivity index (χ0n) is 11.9. The molecule has 4 nitrogen and oxygen atoms in total. The number of hydrogen-bond acceptors (Lipinski definition) is 3. The van der Waals surface area contributed by atoms with Gasteiger partial charge in [-0.05, 0) is 37.0 Å². The number of aliphatic carboxylic acids is 1. The highest BCUT2D eigenvalue weighted by Gasteiger charge is 2.50. The minimum atomic E-state index is -1.66. The van der Waals surface area contributed by atoms with E-state index in [9.17, 15) is 19.1 Å². The first kappa shape index (κ1) is 16.1. The third-order valence-corrected chi connectivity index (χ3v) is 3.40. The quantitative estimate of drug-likeness (QED) is 0.643. The van der Waals surface area contributed by atoms with Crippen molar-refractivity contribution in [3.8, 4) is 0 Å². The molecule has 1 rings (SSSR count). The summed E-state index contributed by atoms with van der Waals surface area (Å²) < 4.78 is 17.8. The molecule has 0 aliphatic carbocycles. The normalized spacial score (nSPS) is 13.8. The van der Waals surface area contributed by atoms with E-state index in [-0.39, 0.29) is 13.0 Å². The number of carbonyl (C=O) groups is 2. The van der Waals surface area contributed by atoms with Gasteiger partial charge in [0, 0.05) is 0 Å². The molecule has 0 amide bonds. The van der Waals surface area contributed by atoms with Crippen LogP contribution in [-0.2, 0) is 20.7 Å². The number of ether oxygens (including phenoxy) is 1. The minimum absolute atomic E-state index is 0.0287. The van der Waals surface area contributed by atoms with Gasteiger partial charge in [0.2, 0.25) is 0 Å². The summed E-state index contributed by atoms with van der Waals surface area (Å²) in [4.78, 5) is 23.8. The van der Waals surface area contributed by atoms with Gasteiger partial charge in [0.15, 0.2) is 5.41 Å². The second-order valence-electron chi connectivity index (χ2n) is 4.95. The number of esters is 1. The summed E-state index contributed by atoms with van der Waals surface area (Å²) >= 11 is 0. The molecule has 0 spiro atoms. The van der Waals surface area contributed by atoms with E-state index >= 15 is 0 Å². The molecule has 0 radical (unpaired) electrons. The number of carbonyl (C=O) groups excluding carboxylic acids is 1. The van der Waals surface area contributed by atoms with E-state index in [4.69, 9.17) is 4.74 Å². The Labute approximate surface area is 117 Å². The number of rotatable bonds is 6. The maximum Gasteiger partial charge on any atom is 0.324 e. The highest BCUT2D eigenvalue weighted by atomic mass is 19.1. The smallest absolute Gasteiger partial charge is 0.324 e. The second kappa shape index (κ2) is 6.50. The summed E-state index contributed by atoms with van der Waals surface area (Å²) in [6.45, 7) is 5.07. The Morgan fingerprint density at radius 1 is 1.30 bits per heavy atom. The van der Waals surface area contributed by atoms with Crippen LogP contribution in [0, 0.1) is 17.2 Å². The maximum atomic E-state index is 12.9. The van der Waals surface area contributed by atoms with E-state index in [1.165, 1.54) is 24.3 Å². The molecule has 5 heteroatoms. The number of carboxylic acids is 1.